The summed E-state index contributed by atoms with van der Waals surface area (Å²) in [6.07, 6.45) is 3.36. The molecular weight excluding hydrogens is 519 g/mol. The van der Waals surface area contributed by atoms with Crippen LogP contribution < -0.4 is 5.32 Å². The first kappa shape index (κ1) is 24.4. The van der Waals surface area contributed by atoms with Gasteiger partial charge in [0.05, 0.1) is 16.4 Å². The minimum atomic E-state index is -0.453. The number of halogens is 3. The molecule has 1 amide bonds. The number of amides is 1. The van der Waals surface area contributed by atoms with Crippen LogP contribution in [0.5, 0.6) is 0 Å². The van der Waals surface area contributed by atoms with Crippen molar-refractivity contribution in [3.63, 3.8) is 0 Å². The zero-order valence-electron chi connectivity index (χ0n) is 19.3. The van der Waals surface area contributed by atoms with Crippen molar-refractivity contribution in [1.82, 2.24) is 15.0 Å². The van der Waals surface area contributed by atoms with Crippen molar-refractivity contribution in [2.45, 2.75) is 26.2 Å². The Balaban J connectivity index is 1.36. The Morgan fingerprint density at radius 2 is 1.61 bits per heavy atom. The Kier molecular flexibility index (Phi) is 7.01. The second kappa shape index (κ2) is 10.3. The molecule has 0 aliphatic rings. The van der Waals surface area contributed by atoms with Crippen LogP contribution >= 0.6 is 34.8 Å². The topological polar surface area (TPSA) is 73.0 Å². The van der Waals surface area contributed by atoms with Crippen molar-refractivity contribution in [2.75, 3.05) is 5.32 Å². The van der Waals surface area contributed by atoms with Crippen LogP contribution in [0.4, 0.5) is 5.69 Å². The number of benzene rings is 3. The lowest BCUT2D eigenvalue weighted by molar-refractivity contribution is 0.0997. The van der Waals surface area contributed by atoms with Crippen LogP contribution in [-0.2, 0) is 6.42 Å². The van der Waals surface area contributed by atoms with Gasteiger partial charge in [-0.2, -0.15) is 4.80 Å². The predicted molar refractivity (Wildman–Crippen MR) is 145 cm³/mol. The molecule has 0 bridgehead atoms. The van der Waals surface area contributed by atoms with Gasteiger partial charge in [-0.3, -0.25) is 4.79 Å². The van der Waals surface area contributed by atoms with Crippen LogP contribution in [0, 0.1) is 0 Å². The van der Waals surface area contributed by atoms with Crippen molar-refractivity contribution in [2.24, 2.45) is 0 Å². The summed E-state index contributed by atoms with van der Waals surface area (Å²) in [7, 11) is 0. The Morgan fingerprint density at radius 3 is 2.31 bits per heavy atom. The number of aromatic nitrogens is 3. The molecule has 5 rings (SSSR count). The lowest BCUT2D eigenvalue weighted by atomic mass is 10.1. The van der Waals surface area contributed by atoms with Gasteiger partial charge in [-0.15, -0.1) is 10.2 Å². The molecule has 0 atom stereocenters. The highest BCUT2D eigenvalue weighted by Gasteiger charge is 2.16. The molecule has 2 aromatic heterocycles. The van der Waals surface area contributed by atoms with Gasteiger partial charge in [-0.25, -0.2) is 0 Å². The second-order valence-corrected chi connectivity index (χ2v) is 9.64. The lowest BCUT2D eigenvalue weighted by Crippen LogP contribution is -2.11. The standard InChI is InChI=1S/C27H21Cl3N4O2/c1-2-3-4-16-5-7-20(8-6-16)34-32-23-14-21(30)22(15-24(23)33-34)31-27(35)26-10-9-25(36-26)17-11-18(28)13-19(29)12-17/h5-15H,2-4H2,1H3,(H,31,35). The summed E-state index contributed by atoms with van der Waals surface area (Å²) in [6, 6.07) is 19.8. The Labute approximate surface area is 222 Å². The van der Waals surface area contributed by atoms with Gasteiger partial charge in [0.15, 0.2) is 5.76 Å². The van der Waals surface area contributed by atoms with Gasteiger partial charge in [-0.05, 0) is 73.0 Å². The molecule has 0 fully saturated rings. The Hall–Kier alpha value is -3.32. The van der Waals surface area contributed by atoms with Gasteiger partial charge in [-0.1, -0.05) is 60.3 Å². The molecule has 36 heavy (non-hydrogen) atoms. The number of nitrogens with one attached hydrogen (secondary N) is 1. The third kappa shape index (κ3) is 5.26. The first-order chi connectivity index (χ1) is 17.4. The van der Waals surface area contributed by atoms with E-state index in [9.17, 15) is 4.79 Å². The number of unbranched alkanes of at least 4 members (excludes halogenated alkanes) is 1. The summed E-state index contributed by atoms with van der Waals surface area (Å²) in [6.45, 7) is 2.18. The van der Waals surface area contributed by atoms with Crippen LogP contribution in [0.1, 0.15) is 35.9 Å². The van der Waals surface area contributed by atoms with E-state index in [1.807, 2.05) is 12.1 Å². The molecule has 0 aliphatic carbocycles. The van der Waals surface area contributed by atoms with Gasteiger partial charge in [0, 0.05) is 15.6 Å². The fourth-order valence-electron chi connectivity index (χ4n) is 3.82. The molecule has 2 heterocycles. The van der Waals surface area contributed by atoms with Crippen LogP contribution in [0.25, 0.3) is 28.0 Å². The summed E-state index contributed by atoms with van der Waals surface area (Å²) in [5.41, 5.74) is 4.41. The van der Waals surface area contributed by atoms with E-state index in [2.05, 4.69) is 34.6 Å². The zero-order valence-corrected chi connectivity index (χ0v) is 21.5. The molecule has 3 aromatic carbocycles. The molecule has 182 valence electrons. The Bertz CT molecular complexity index is 1540. The van der Waals surface area contributed by atoms with E-state index in [1.54, 1.807) is 47.3 Å². The third-order valence-corrected chi connectivity index (χ3v) is 6.43. The van der Waals surface area contributed by atoms with Crippen molar-refractivity contribution in [1.29, 1.82) is 0 Å². The quantitative estimate of drug-likeness (QED) is 0.226. The maximum atomic E-state index is 12.9. The van der Waals surface area contributed by atoms with Crippen LogP contribution in [0.3, 0.4) is 0 Å². The molecule has 1 N–H and O–H groups in total. The maximum absolute atomic E-state index is 12.9. The van der Waals surface area contributed by atoms with Crippen LogP contribution in [-0.4, -0.2) is 20.9 Å². The summed E-state index contributed by atoms with van der Waals surface area (Å²) < 4.78 is 5.73. The number of fused-ring (bicyclic) bond motifs is 1. The summed E-state index contributed by atoms with van der Waals surface area (Å²) >= 11 is 18.6. The summed E-state index contributed by atoms with van der Waals surface area (Å²) in [5, 5.41) is 13.2. The minimum absolute atomic E-state index is 0.115. The zero-order chi connectivity index (χ0) is 25.2. The highest BCUT2D eigenvalue weighted by molar-refractivity contribution is 6.35. The van der Waals surface area contributed by atoms with Crippen molar-refractivity contribution >= 4 is 57.4 Å². The number of anilines is 1. The number of nitrogens with zero attached hydrogens (tertiary/aromatic N) is 3. The fourth-order valence-corrected chi connectivity index (χ4v) is 4.55. The summed E-state index contributed by atoms with van der Waals surface area (Å²) in [5.74, 6) is 0.129. The van der Waals surface area contributed by atoms with E-state index >= 15 is 0 Å². The van der Waals surface area contributed by atoms with Crippen LogP contribution in [0.15, 0.2) is 71.1 Å². The SMILES string of the molecule is CCCCc1ccc(-n2nc3cc(Cl)c(NC(=O)c4ccc(-c5cc(Cl)cc(Cl)c5)o4)cc3n2)cc1. The molecule has 0 radical (unpaired) electrons. The van der Waals surface area contributed by atoms with E-state index in [1.165, 1.54) is 5.56 Å². The molecule has 9 heteroatoms. The van der Waals surface area contributed by atoms with Crippen molar-refractivity contribution in [3.8, 4) is 17.0 Å². The highest BCUT2D eigenvalue weighted by atomic mass is 35.5. The van der Waals surface area contributed by atoms with E-state index in [-0.39, 0.29) is 5.76 Å². The molecule has 6 nitrogen and oxygen atoms in total. The number of hydrogen-bond acceptors (Lipinski definition) is 4. The largest absolute Gasteiger partial charge is 0.451 e. The normalized spacial score (nSPS) is 11.2. The molecule has 0 aliphatic heterocycles. The number of carbonyl (C=O) groups is 1. The smallest absolute Gasteiger partial charge is 0.291 e. The van der Waals surface area contributed by atoms with Gasteiger partial charge >= 0.3 is 0 Å². The van der Waals surface area contributed by atoms with E-state index < -0.39 is 5.91 Å². The van der Waals surface area contributed by atoms with Crippen LogP contribution in [0.2, 0.25) is 15.1 Å². The number of aryl methyl sites for hydroxylation is 1. The highest BCUT2D eigenvalue weighted by Crippen LogP contribution is 2.30. The minimum Gasteiger partial charge on any atom is -0.451 e. The van der Waals surface area contributed by atoms with Gasteiger partial charge in [0.2, 0.25) is 0 Å². The molecule has 0 spiro atoms. The summed E-state index contributed by atoms with van der Waals surface area (Å²) in [4.78, 5) is 14.4. The van der Waals surface area contributed by atoms with E-state index in [0.717, 1.165) is 24.9 Å². The molecular formula is C27H21Cl3N4O2. The monoisotopic (exact) mass is 538 g/mol. The number of rotatable bonds is 7. The average molecular weight is 540 g/mol. The van der Waals surface area contributed by atoms with E-state index in [0.29, 0.717) is 43.1 Å². The van der Waals surface area contributed by atoms with Gasteiger partial charge in [0.25, 0.3) is 5.91 Å². The number of furan rings is 1. The number of carbonyl (C=O) groups excluding carboxylic acids is 1. The molecule has 0 saturated heterocycles. The van der Waals surface area contributed by atoms with Crippen molar-refractivity contribution < 1.29 is 9.21 Å². The number of hydrogen-bond donors (Lipinski definition) is 1. The first-order valence-corrected chi connectivity index (χ1v) is 12.6. The lowest BCUT2D eigenvalue weighted by Gasteiger charge is -2.05. The second-order valence-electron chi connectivity index (χ2n) is 8.36. The van der Waals surface area contributed by atoms with Gasteiger partial charge in [0.1, 0.15) is 16.8 Å². The van der Waals surface area contributed by atoms with E-state index in [4.69, 9.17) is 39.2 Å². The van der Waals surface area contributed by atoms with Gasteiger partial charge < -0.3 is 9.73 Å². The molecule has 5 aromatic rings. The van der Waals surface area contributed by atoms with Crippen molar-refractivity contribution in [3.05, 3.63) is 93.1 Å². The maximum Gasteiger partial charge on any atom is 0.291 e. The average Bonchev–Trinajstić information content (AvgIpc) is 3.50. The predicted octanol–water partition coefficient (Wildman–Crippen LogP) is 8.24. The third-order valence-electron chi connectivity index (χ3n) is 5.68. The molecule has 0 unspecified atom stereocenters. The molecule has 0 saturated carbocycles. The Morgan fingerprint density at radius 1 is 0.917 bits per heavy atom. The fraction of sp³-hybridized carbons (Fsp3) is 0.148. The first-order valence-electron chi connectivity index (χ1n) is 11.4.